The van der Waals surface area contributed by atoms with Crippen LogP contribution in [0.3, 0.4) is 0 Å². The zero-order chi connectivity index (χ0) is 9.14. The molecule has 0 aromatic carbocycles. The fourth-order valence-corrected chi connectivity index (χ4v) is 0.729. The van der Waals surface area contributed by atoms with Crippen molar-refractivity contribution in [3.8, 4) is 0 Å². The van der Waals surface area contributed by atoms with E-state index in [0.717, 1.165) is 5.57 Å². The Balaban J connectivity index is 3.01. The first-order valence-electron chi connectivity index (χ1n) is 3.61. The van der Waals surface area contributed by atoms with E-state index in [0.29, 0.717) is 11.7 Å². The quantitative estimate of drug-likeness (QED) is 0.622. The first-order chi connectivity index (χ1) is 5.66. The second kappa shape index (κ2) is 3.25. The Kier molecular flexibility index (Phi) is 2.32. The van der Waals surface area contributed by atoms with E-state index in [2.05, 4.69) is 33.9 Å². The van der Waals surface area contributed by atoms with Crippen LogP contribution in [0.15, 0.2) is 11.7 Å². The lowest BCUT2D eigenvalue weighted by molar-refractivity contribution is 0.682. The zero-order valence-corrected chi connectivity index (χ0v) is 7.23. The van der Waals surface area contributed by atoms with Crippen LogP contribution in [0.5, 0.6) is 0 Å². The van der Waals surface area contributed by atoms with Gasteiger partial charge in [-0.3, -0.25) is 0 Å². The highest BCUT2D eigenvalue weighted by Crippen LogP contribution is 2.16. The van der Waals surface area contributed by atoms with Gasteiger partial charge >= 0.3 is 0 Å². The Labute approximate surface area is 70.8 Å². The molecule has 0 saturated heterocycles. The lowest BCUT2D eigenvalue weighted by Gasteiger charge is -2.05. The van der Waals surface area contributed by atoms with Crippen LogP contribution in [0.4, 0.5) is 0 Å². The summed E-state index contributed by atoms with van der Waals surface area (Å²) in [6.07, 6.45) is 0. The minimum absolute atomic E-state index is 0.302. The van der Waals surface area contributed by atoms with Crippen molar-refractivity contribution in [2.45, 2.75) is 13.8 Å². The average molecular weight is 165 g/mol. The summed E-state index contributed by atoms with van der Waals surface area (Å²) in [4.78, 5) is 1.27. The second-order valence-corrected chi connectivity index (χ2v) is 2.71. The molecule has 0 radical (unpaired) electrons. The maximum Gasteiger partial charge on any atom is 0.202 e. The van der Waals surface area contributed by atoms with E-state index in [-0.39, 0.29) is 0 Å². The molecule has 0 unspecified atom stereocenters. The van der Waals surface area contributed by atoms with Crippen molar-refractivity contribution in [2.24, 2.45) is 11.0 Å². The summed E-state index contributed by atoms with van der Waals surface area (Å²) in [5.41, 5.74) is 0.854. The van der Waals surface area contributed by atoms with Gasteiger partial charge in [-0.25, -0.2) is 0 Å². The third kappa shape index (κ3) is 1.39. The van der Waals surface area contributed by atoms with Crippen molar-refractivity contribution in [3.63, 3.8) is 0 Å². The van der Waals surface area contributed by atoms with E-state index < -0.39 is 0 Å². The van der Waals surface area contributed by atoms with Crippen LogP contribution >= 0.6 is 0 Å². The summed E-state index contributed by atoms with van der Waals surface area (Å²) >= 11 is 0. The largest absolute Gasteiger partial charge is 0.202 e. The molecule has 1 rings (SSSR count). The molecular weight excluding hydrogens is 154 g/mol. The van der Waals surface area contributed by atoms with Crippen LogP contribution in [0.25, 0.3) is 5.57 Å². The lowest BCUT2D eigenvalue weighted by atomic mass is 10.1. The van der Waals surface area contributed by atoms with Crippen LogP contribution < -0.4 is 0 Å². The fourth-order valence-electron chi connectivity index (χ4n) is 0.729. The molecule has 1 aromatic heterocycles. The van der Waals surface area contributed by atoms with Crippen LogP contribution in [0, 0.1) is 5.92 Å². The Hall–Kier alpha value is -1.52. The van der Waals surface area contributed by atoms with Gasteiger partial charge in [-0.05, 0) is 21.9 Å². The third-order valence-corrected chi connectivity index (χ3v) is 1.57. The van der Waals surface area contributed by atoms with Crippen molar-refractivity contribution in [1.82, 2.24) is 20.3 Å². The maximum absolute atomic E-state index is 3.85. The summed E-state index contributed by atoms with van der Waals surface area (Å²) in [7, 11) is 0. The van der Waals surface area contributed by atoms with Crippen molar-refractivity contribution < 1.29 is 0 Å². The van der Waals surface area contributed by atoms with Crippen molar-refractivity contribution in [2.75, 3.05) is 0 Å². The molecule has 1 heterocycles. The Morgan fingerprint density at radius 2 is 2.25 bits per heavy atom. The Morgan fingerprint density at radius 1 is 1.58 bits per heavy atom. The first kappa shape index (κ1) is 8.58. The maximum atomic E-state index is 3.85. The van der Waals surface area contributed by atoms with E-state index >= 15 is 0 Å². The van der Waals surface area contributed by atoms with Gasteiger partial charge in [-0.2, -0.15) is 5.10 Å². The van der Waals surface area contributed by atoms with Crippen LogP contribution in [-0.2, 0) is 0 Å². The summed E-state index contributed by atoms with van der Waals surface area (Å²) < 4.78 is 0. The van der Waals surface area contributed by atoms with Crippen LogP contribution in [0.2, 0.25) is 0 Å². The smallest absolute Gasteiger partial charge is 0.163 e. The molecule has 0 aliphatic heterocycles. The van der Waals surface area contributed by atoms with Gasteiger partial charge in [0, 0.05) is 6.72 Å². The third-order valence-electron chi connectivity index (χ3n) is 1.57. The second-order valence-electron chi connectivity index (χ2n) is 2.71. The van der Waals surface area contributed by atoms with Gasteiger partial charge in [0.2, 0.25) is 5.82 Å². The highest BCUT2D eigenvalue weighted by Gasteiger charge is 2.11. The molecule has 0 saturated carbocycles. The van der Waals surface area contributed by atoms with E-state index in [1.54, 1.807) is 0 Å². The summed E-state index contributed by atoms with van der Waals surface area (Å²) in [5.74, 6) is 0.872. The molecule has 5 nitrogen and oxygen atoms in total. The van der Waals surface area contributed by atoms with Crippen molar-refractivity contribution in [3.05, 3.63) is 12.4 Å². The van der Waals surface area contributed by atoms with Gasteiger partial charge in [-0.1, -0.05) is 20.4 Å². The predicted octanol–water partition coefficient (Wildman–Crippen LogP) is 0.806. The summed E-state index contributed by atoms with van der Waals surface area (Å²) in [6.45, 7) is 11.2. The number of hydrogen-bond donors (Lipinski definition) is 0. The number of allylic oxidation sites excluding steroid dienone is 1. The highest BCUT2D eigenvalue weighted by molar-refractivity contribution is 5.58. The van der Waals surface area contributed by atoms with E-state index in [1.807, 2.05) is 13.8 Å². The predicted molar refractivity (Wildman–Crippen MR) is 46.6 cm³/mol. The molecule has 0 spiro atoms. The van der Waals surface area contributed by atoms with Crippen molar-refractivity contribution >= 4 is 12.3 Å². The Bertz CT molecular complexity index is 299. The number of rotatable bonds is 3. The van der Waals surface area contributed by atoms with Crippen LogP contribution in [-0.4, -0.2) is 27.0 Å². The molecular formula is C7H11N5. The molecule has 0 aliphatic rings. The van der Waals surface area contributed by atoms with E-state index in [9.17, 15) is 0 Å². The molecule has 12 heavy (non-hydrogen) atoms. The normalized spacial score (nSPS) is 10.2. The molecule has 0 fully saturated rings. The number of hydrogen-bond acceptors (Lipinski definition) is 4. The molecule has 0 N–H and O–H groups in total. The van der Waals surface area contributed by atoms with Gasteiger partial charge in [0.1, 0.15) is 0 Å². The highest BCUT2D eigenvalue weighted by atomic mass is 15.7. The molecule has 0 amide bonds. The zero-order valence-electron chi connectivity index (χ0n) is 7.23. The van der Waals surface area contributed by atoms with Gasteiger partial charge in [0.15, 0.2) is 0 Å². The Morgan fingerprint density at radius 3 is 2.75 bits per heavy atom. The van der Waals surface area contributed by atoms with E-state index in [4.69, 9.17) is 0 Å². The lowest BCUT2D eigenvalue weighted by Crippen LogP contribution is -2.01. The van der Waals surface area contributed by atoms with Crippen LogP contribution in [0.1, 0.15) is 19.7 Å². The average Bonchev–Trinajstić information content (AvgIpc) is 2.49. The minimum atomic E-state index is 0.302. The minimum Gasteiger partial charge on any atom is -0.163 e. The molecule has 5 heteroatoms. The molecule has 0 bridgehead atoms. The van der Waals surface area contributed by atoms with E-state index in [1.165, 1.54) is 4.79 Å². The first-order valence-corrected chi connectivity index (χ1v) is 3.61. The van der Waals surface area contributed by atoms with Crippen molar-refractivity contribution in [1.29, 1.82) is 0 Å². The van der Waals surface area contributed by atoms with Gasteiger partial charge in [-0.15, -0.1) is 9.89 Å². The van der Waals surface area contributed by atoms with Gasteiger partial charge in [0.25, 0.3) is 0 Å². The number of tetrazole rings is 1. The number of nitrogens with zero attached hydrogens (tertiary/aromatic N) is 5. The molecule has 64 valence electrons. The summed E-state index contributed by atoms with van der Waals surface area (Å²) in [5, 5.41) is 14.4. The SMILES string of the molecule is C=Nn1nnnc1C(=C)C(C)C. The summed E-state index contributed by atoms with van der Waals surface area (Å²) in [6, 6.07) is 0. The topological polar surface area (TPSA) is 56.0 Å². The molecule has 0 aliphatic carbocycles. The standard InChI is InChI=1S/C7H11N5/c1-5(2)6(3)7-9-10-11-12(7)8-4/h5H,3-4H2,1-2H3. The van der Waals surface area contributed by atoms with Gasteiger partial charge in [0.05, 0.1) is 0 Å². The number of aromatic nitrogens is 4. The molecule has 0 atom stereocenters. The van der Waals surface area contributed by atoms with Gasteiger partial charge < -0.3 is 0 Å². The molecule has 1 aromatic rings. The fraction of sp³-hybridized carbons (Fsp3) is 0.429. The monoisotopic (exact) mass is 165 g/mol.